The first-order valence-corrected chi connectivity index (χ1v) is 11.0. The molecule has 2 heterocycles. The van der Waals surface area contributed by atoms with E-state index in [-0.39, 0.29) is 0 Å². The quantitative estimate of drug-likeness (QED) is 0.280. The zero-order valence-corrected chi connectivity index (χ0v) is 18.0. The Morgan fingerprint density at radius 3 is 2.43 bits per heavy atom. The van der Waals surface area contributed by atoms with Gasteiger partial charge in [-0.05, 0) is 65.6 Å². The molecular formula is C27H20N2S. The molecule has 30 heavy (non-hydrogen) atoms. The summed E-state index contributed by atoms with van der Waals surface area (Å²) in [5, 5.41) is 6.38. The molecule has 6 aromatic rings. The van der Waals surface area contributed by atoms with Crippen LogP contribution in [0.15, 0.2) is 67.0 Å². The first-order valence-electron chi connectivity index (χ1n) is 10.2. The van der Waals surface area contributed by atoms with Crippen molar-refractivity contribution in [3.05, 3.63) is 83.7 Å². The SMILES string of the molecule is Cc1cc(C)c2c(C)cc(-c3ncnc4c3sc3c5ccccc5ccc43)cc2c1. The first kappa shape index (κ1) is 17.5. The van der Waals surface area contributed by atoms with E-state index in [1.165, 1.54) is 48.3 Å². The lowest BCUT2D eigenvalue weighted by Gasteiger charge is -2.11. The van der Waals surface area contributed by atoms with Crippen LogP contribution >= 0.6 is 11.3 Å². The third kappa shape index (κ3) is 2.49. The van der Waals surface area contributed by atoms with Crippen LogP contribution in [0.2, 0.25) is 0 Å². The summed E-state index contributed by atoms with van der Waals surface area (Å²) >= 11 is 1.81. The van der Waals surface area contributed by atoms with Gasteiger partial charge in [-0.2, -0.15) is 0 Å². The topological polar surface area (TPSA) is 25.8 Å². The standard InChI is InChI=1S/C27H20N2S/c1-15-10-16(2)23-17(3)12-20(13-19(23)11-15)24-27-25(29-14-28-24)22-9-8-18-6-4-5-7-21(18)26(22)30-27/h4-14H,1-3H3. The number of thiophene rings is 1. The second kappa shape index (κ2) is 6.35. The molecule has 0 radical (unpaired) electrons. The minimum atomic E-state index is 1.02. The van der Waals surface area contributed by atoms with Crippen LogP contribution in [0.5, 0.6) is 0 Å². The van der Waals surface area contributed by atoms with Crippen LogP contribution in [-0.2, 0) is 0 Å². The summed E-state index contributed by atoms with van der Waals surface area (Å²) in [5.74, 6) is 0. The van der Waals surface area contributed by atoms with E-state index in [1.807, 2.05) is 0 Å². The Morgan fingerprint density at radius 1 is 0.700 bits per heavy atom. The fourth-order valence-corrected chi connectivity index (χ4v) is 6.11. The second-order valence-corrected chi connectivity index (χ2v) is 9.16. The van der Waals surface area contributed by atoms with Gasteiger partial charge in [-0.1, -0.05) is 54.1 Å². The zero-order valence-electron chi connectivity index (χ0n) is 17.2. The van der Waals surface area contributed by atoms with Crippen molar-refractivity contribution in [3.63, 3.8) is 0 Å². The van der Waals surface area contributed by atoms with Crippen molar-refractivity contribution in [3.8, 4) is 11.3 Å². The first-order chi connectivity index (χ1) is 14.6. The Balaban J connectivity index is 1.70. The van der Waals surface area contributed by atoms with Crippen molar-refractivity contribution >= 4 is 53.2 Å². The van der Waals surface area contributed by atoms with E-state index in [1.54, 1.807) is 17.7 Å². The second-order valence-electron chi connectivity index (χ2n) is 8.14. The fourth-order valence-electron chi connectivity index (χ4n) is 4.81. The lowest BCUT2D eigenvalue weighted by Crippen LogP contribution is -1.90. The lowest BCUT2D eigenvalue weighted by atomic mass is 9.95. The smallest absolute Gasteiger partial charge is 0.116 e. The maximum atomic E-state index is 4.74. The monoisotopic (exact) mass is 404 g/mol. The molecule has 4 aromatic carbocycles. The van der Waals surface area contributed by atoms with Crippen LogP contribution in [0.4, 0.5) is 0 Å². The minimum absolute atomic E-state index is 1.02. The van der Waals surface area contributed by atoms with Gasteiger partial charge in [0.05, 0.1) is 15.9 Å². The van der Waals surface area contributed by atoms with Gasteiger partial charge in [0.2, 0.25) is 0 Å². The van der Waals surface area contributed by atoms with Crippen molar-refractivity contribution in [2.24, 2.45) is 0 Å². The molecule has 6 rings (SSSR count). The molecule has 0 amide bonds. The Bertz CT molecular complexity index is 1630. The molecule has 0 aliphatic carbocycles. The summed E-state index contributed by atoms with van der Waals surface area (Å²) < 4.78 is 2.45. The molecule has 0 atom stereocenters. The lowest BCUT2D eigenvalue weighted by molar-refractivity contribution is 1.23. The van der Waals surface area contributed by atoms with E-state index in [4.69, 9.17) is 4.98 Å². The van der Waals surface area contributed by atoms with Crippen LogP contribution in [0.1, 0.15) is 16.7 Å². The Labute approximate surface area is 178 Å². The summed E-state index contributed by atoms with van der Waals surface area (Å²) in [5.41, 5.74) is 7.14. The maximum Gasteiger partial charge on any atom is 0.116 e. The zero-order chi connectivity index (χ0) is 20.4. The van der Waals surface area contributed by atoms with Crippen LogP contribution in [0.3, 0.4) is 0 Å². The molecule has 0 bridgehead atoms. The fraction of sp³-hybridized carbons (Fsp3) is 0.111. The average molecular weight is 405 g/mol. The highest BCUT2D eigenvalue weighted by Gasteiger charge is 2.16. The normalized spacial score (nSPS) is 11.8. The summed E-state index contributed by atoms with van der Waals surface area (Å²) in [6, 6.07) is 22.1. The minimum Gasteiger partial charge on any atom is -0.235 e. The Kier molecular flexibility index (Phi) is 3.71. The number of aryl methyl sites for hydroxylation is 3. The molecule has 2 aromatic heterocycles. The third-order valence-electron chi connectivity index (χ3n) is 6.00. The summed E-state index contributed by atoms with van der Waals surface area (Å²) in [6.45, 7) is 6.56. The summed E-state index contributed by atoms with van der Waals surface area (Å²) in [7, 11) is 0. The summed E-state index contributed by atoms with van der Waals surface area (Å²) in [4.78, 5) is 9.42. The molecule has 0 saturated carbocycles. The number of hydrogen-bond acceptors (Lipinski definition) is 3. The number of nitrogens with zero attached hydrogens (tertiary/aromatic N) is 2. The number of rotatable bonds is 1. The van der Waals surface area contributed by atoms with Gasteiger partial charge in [0.15, 0.2) is 0 Å². The van der Waals surface area contributed by atoms with Crippen molar-refractivity contribution in [2.45, 2.75) is 20.8 Å². The highest BCUT2D eigenvalue weighted by atomic mass is 32.1. The van der Waals surface area contributed by atoms with Gasteiger partial charge in [0.25, 0.3) is 0 Å². The van der Waals surface area contributed by atoms with Gasteiger partial charge in [-0.25, -0.2) is 9.97 Å². The van der Waals surface area contributed by atoms with Crippen LogP contribution in [0, 0.1) is 20.8 Å². The van der Waals surface area contributed by atoms with E-state index in [0.29, 0.717) is 0 Å². The van der Waals surface area contributed by atoms with Gasteiger partial charge in [0.1, 0.15) is 6.33 Å². The maximum absolute atomic E-state index is 4.74. The molecular weight excluding hydrogens is 384 g/mol. The van der Waals surface area contributed by atoms with Gasteiger partial charge in [-0.3, -0.25) is 0 Å². The van der Waals surface area contributed by atoms with E-state index < -0.39 is 0 Å². The van der Waals surface area contributed by atoms with E-state index in [9.17, 15) is 0 Å². The van der Waals surface area contributed by atoms with Gasteiger partial charge in [0, 0.05) is 15.6 Å². The average Bonchev–Trinajstić information content (AvgIpc) is 3.12. The van der Waals surface area contributed by atoms with E-state index in [2.05, 4.69) is 86.4 Å². The molecule has 0 spiro atoms. The third-order valence-corrected chi connectivity index (χ3v) is 7.24. The highest BCUT2D eigenvalue weighted by molar-refractivity contribution is 7.27. The highest BCUT2D eigenvalue weighted by Crippen LogP contribution is 2.41. The van der Waals surface area contributed by atoms with E-state index in [0.717, 1.165) is 21.5 Å². The number of benzene rings is 4. The van der Waals surface area contributed by atoms with Crippen molar-refractivity contribution in [1.29, 1.82) is 0 Å². The molecule has 0 aliphatic heterocycles. The van der Waals surface area contributed by atoms with Gasteiger partial charge < -0.3 is 0 Å². The van der Waals surface area contributed by atoms with Gasteiger partial charge in [-0.15, -0.1) is 11.3 Å². The number of fused-ring (bicyclic) bond motifs is 6. The van der Waals surface area contributed by atoms with Crippen molar-refractivity contribution in [2.75, 3.05) is 0 Å². The Morgan fingerprint density at radius 2 is 1.53 bits per heavy atom. The number of aromatic nitrogens is 2. The molecule has 3 heteroatoms. The van der Waals surface area contributed by atoms with Crippen LogP contribution in [-0.4, -0.2) is 9.97 Å². The van der Waals surface area contributed by atoms with Crippen LogP contribution < -0.4 is 0 Å². The predicted octanol–water partition coefficient (Wildman–Crippen LogP) is 7.74. The molecule has 0 aliphatic rings. The van der Waals surface area contributed by atoms with Crippen LogP contribution in [0.25, 0.3) is 53.1 Å². The van der Waals surface area contributed by atoms with E-state index >= 15 is 0 Å². The van der Waals surface area contributed by atoms with Crippen molar-refractivity contribution < 1.29 is 0 Å². The number of hydrogen-bond donors (Lipinski definition) is 0. The summed E-state index contributed by atoms with van der Waals surface area (Å²) in [6.07, 6.45) is 1.71. The Hall–Kier alpha value is -3.30. The molecule has 2 nitrogen and oxygen atoms in total. The largest absolute Gasteiger partial charge is 0.235 e. The molecule has 0 unspecified atom stereocenters. The predicted molar refractivity (Wildman–Crippen MR) is 130 cm³/mol. The molecule has 0 fully saturated rings. The molecule has 144 valence electrons. The molecule has 0 saturated heterocycles. The van der Waals surface area contributed by atoms with Gasteiger partial charge >= 0.3 is 0 Å². The molecule has 0 N–H and O–H groups in total. The van der Waals surface area contributed by atoms with Crippen molar-refractivity contribution in [1.82, 2.24) is 9.97 Å².